The molecular weight excluding hydrogens is 406 g/mol. The second-order valence-electron chi connectivity index (χ2n) is 9.06. The highest BCUT2D eigenvalue weighted by atomic mass is 16.5. The molecule has 0 radical (unpaired) electrons. The van der Waals surface area contributed by atoms with Crippen molar-refractivity contribution in [3.05, 3.63) is 84.4 Å². The second kappa shape index (κ2) is 5.76. The zero-order chi connectivity index (χ0) is 21.8. The maximum Gasteiger partial charge on any atom is 0.136 e. The van der Waals surface area contributed by atoms with Gasteiger partial charge >= 0.3 is 0 Å². The lowest BCUT2D eigenvalue weighted by Gasteiger charge is -2.04. The van der Waals surface area contributed by atoms with Crippen LogP contribution in [0.15, 0.2) is 83.3 Å². The molecule has 0 bridgehead atoms. The number of benzene rings is 5. The van der Waals surface area contributed by atoms with Crippen LogP contribution in [0.4, 0.5) is 0 Å². The molecule has 0 atom stereocenters. The van der Waals surface area contributed by atoms with Crippen molar-refractivity contribution in [1.29, 1.82) is 0 Å². The predicted molar refractivity (Wildman–Crippen MR) is 137 cm³/mol. The third kappa shape index (κ3) is 2.05. The van der Waals surface area contributed by atoms with Gasteiger partial charge in [0.15, 0.2) is 0 Å². The van der Waals surface area contributed by atoms with E-state index in [1.165, 1.54) is 59.8 Å². The van der Waals surface area contributed by atoms with Crippen LogP contribution in [0.5, 0.6) is 5.75 Å². The number of ether oxygens (including phenoxy) is 1. The summed E-state index contributed by atoms with van der Waals surface area (Å²) in [5.74, 6) is 0.917. The van der Waals surface area contributed by atoms with E-state index < -0.39 is 0 Å². The first kappa shape index (κ1) is 17.3. The van der Waals surface area contributed by atoms with Crippen molar-refractivity contribution in [2.45, 2.75) is 6.92 Å². The first-order valence-corrected chi connectivity index (χ1v) is 11.2. The van der Waals surface area contributed by atoms with E-state index in [0.717, 1.165) is 22.3 Å². The fourth-order valence-corrected chi connectivity index (χ4v) is 5.77. The van der Waals surface area contributed by atoms with E-state index >= 15 is 0 Å². The molecule has 0 amide bonds. The lowest BCUT2D eigenvalue weighted by atomic mass is 10.0. The number of methoxy groups -OCH3 is 1. The molecule has 0 N–H and O–H groups in total. The van der Waals surface area contributed by atoms with Crippen molar-refractivity contribution in [1.82, 2.24) is 4.40 Å². The Morgan fingerprint density at radius 3 is 2.36 bits per heavy atom. The highest BCUT2D eigenvalue weighted by molar-refractivity contribution is 6.26. The smallest absolute Gasteiger partial charge is 0.136 e. The van der Waals surface area contributed by atoms with Crippen LogP contribution >= 0.6 is 0 Å². The molecule has 0 saturated carbocycles. The molecule has 0 aliphatic carbocycles. The Labute approximate surface area is 188 Å². The number of rotatable bonds is 1. The molecule has 3 nitrogen and oxygen atoms in total. The Hall–Kier alpha value is -4.24. The lowest BCUT2D eigenvalue weighted by Crippen LogP contribution is -1.83. The van der Waals surface area contributed by atoms with Crippen LogP contribution in [0.2, 0.25) is 0 Å². The van der Waals surface area contributed by atoms with Crippen LogP contribution in [0.25, 0.3) is 70.8 Å². The van der Waals surface area contributed by atoms with Crippen LogP contribution in [-0.4, -0.2) is 11.5 Å². The molecule has 0 aliphatic rings. The summed E-state index contributed by atoms with van der Waals surface area (Å²) in [5, 5.41) is 9.65. The molecule has 3 heterocycles. The fraction of sp³-hybridized carbons (Fsp3) is 0.0667. The van der Waals surface area contributed by atoms with Crippen molar-refractivity contribution < 1.29 is 9.15 Å². The minimum atomic E-state index is 0.917. The summed E-state index contributed by atoms with van der Waals surface area (Å²) in [6.07, 6.45) is 0. The van der Waals surface area contributed by atoms with Crippen LogP contribution in [0.1, 0.15) is 5.56 Å². The van der Waals surface area contributed by atoms with Gasteiger partial charge in [0.25, 0.3) is 0 Å². The van der Waals surface area contributed by atoms with E-state index in [9.17, 15) is 0 Å². The molecule has 5 aromatic carbocycles. The molecular formula is C30H19NO2. The van der Waals surface area contributed by atoms with Crippen LogP contribution in [0.3, 0.4) is 0 Å². The summed E-state index contributed by atoms with van der Waals surface area (Å²) in [7, 11) is 1.75. The van der Waals surface area contributed by atoms with Crippen molar-refractivity contribution in [3.63, 3.8) is 0 Å². The third-order valence-corrected chi connectivity index (χ3v) is 7.23. The first-order valence-electron chi connectivity index (χ1n) is 11.2. The van der Waals surface area contributed by atoms with Gasteiger partial charge in [-0.2, -0.15) is 0 Å². The van der Waals surface area contributed by atoms with Crippen molar-refractivity contribution in [2.75, 3.05) is 7.11 Å². The SMILES string of the molecule is COc1ccc2c3cc4cc5oc6cc(C)ccc6c5cc4cc3n3c4ccccc4c1c23. The van der Waals surface area contributed by atoms with Crippen LogP contribution in [-0.2, 0) is 0 Å². The number of hydrogen-bond donors (Lipinski definition) is 0. The fourth-order valence-electron chi connectivity index (χ4n) is 5.77. The van der Waals surface area contributed by atoms with Crippen molar-refractivity contribution in [3.8, 4) is 5.75 Å². The molecule has 0 fully saturated rings. The van der Waals surface area contributed by atoms with Gasteiger partial charge in [0.1, 0.15) is 16.9 Å². The maximum atomic E-state index is 6.23. The van der Waals surface area contributed by atoms with Gasteiger partial charge in [-0.3, -0.25) is 0 Å². The number of hydrogen-bond acceptors (Lipinski definition) is 2. The summed E-state index contributed by atoms with van der Waals surface area (Å²) in [5.41, 5.74) is 6.75. The zero-order valence-corrected chi connectivity index (χ0v) is 18.3. The van der Waals surface area contributed by atoms with E-state index in [4.69, 9.17) is 9.15 Å². The van der Waals surface area contributed by atoms with Crippen LogP contribution < -0.4 is 4.74 Å². The normalized spacial score (nSPS) is 12.5. The number of aryl methyl sites for hydroxylation is 1. The highest BCUT2D eigenvalue weighted by Gasteiger charge is 2.20. The average Bonchev–Trinajstić information content (AvgIpc) is 3.46. The molecule has 3 aromatic heterocycles. The summed E-state index contributed by atoms with van der Waals surface area (Å²) in [6, 6.07) is 28.4. The number of furan rings is 1. The summed E-state index contributed by atoms with van der Waals surface area (Å²) in [6.45, 7) is 2.10. The Kier molecular flexibility index (Phi) is 3.02. The van der Waals surface area contributed by atoms with Gasteiger partial charge in [0.2, 0.25) is 0 Å². The average molecular weight is 425 g/mol. The topological polar surface area (TPSA) is 26.8 Å². The largest absolute Gasteiger partial charge is 0.496 e. The molecule has 0 aliphatic heterocycles. The summed E-state index contributed by atoms with van der Waals surface area (Å²) >= 11 is 0. The Balaban J connectivity index is 1.59. The van der Waals surface area contributed by atoms with E-state index in [0.29, 0.717) is 0 Å². The Bertz CT molecular complexity index is 2070. The molecule has 0 spiro atoms. The van der Waals surface area contributed by atoms with Gasteiger partial charge in [-0.15, -0.1) is 0 Å². The predicted octanol–water partition coefficient (Wildman–Crippen LogP) is 8.21. The molecule has 8 aromatic rings. The van der Waals surface area contributed by atoms with Gasteiger partial charge in [0, 0.05) is 26.9 Å². The van der Waals surface area contributed by atoms with E-state index in [-0.39, 0.29) is 0 Å². The molecule has 0 saturated heterocycles. The van der Waals surface area contributed by atoms with Crippen molar-refractivity contribution in [2.24, 2.45) is 0 Å². The number of aromatic nitrogens is 1. The van der Waals surface area contributed by atoms with E-state index in [1.54, 1.807) is 7.11 Å². The molecule has 8 rings (SSSR count). The zero-order valence-electron chi connectivity index (χ0n) is 18.3. The van der Waals surface area contributed by atoms with Gasteiger partial charge < -0.3 is 13.6 Å². The minimum absolute atomic E-state index is 0.917. The van der Waals surface area contributed by atoms with E-state index in [2.05, 4.69) is 90.2 Å². The number of fused-ring (bicyclic) bond motifs is 10. The molecule has 33 heavy (non-hydrogen) atoms. The molecule has 0 unspecified atom stereocenters. The third-order valence-electron chi connectivity index (χ3n) is 7.23. The second-order valence-corrected chi connectivity index (χ2v) is 9.06. The lowest BCUT2D eigenvalue weighted by molar-refractivity contribution is 0.420. The number of nitrogens with zero attached hydrogens (tertiary/aromatic N) is 1. The highest BCUT2D eigenvalue weighted by Crippen LogP contribution is 2.44. The summed E-state index contributed by atoms with van der Waals surface area (Å²) < 4.78 is 14.4. The quantitative estimate of drug-likeness (QED) is 0.265. The standard InChI is InChI=1S/C30H19NO2/c1-16-7-8-19-23-13-17-14-25-22(12-18(17)15-28(23)33-27(19)11-16)20-9-10-26(32-2)29-21-5-3-4-6-24(21)31(25)30(20)29/h3-15H,1-2H3. The van der Waals surface area contributed by atoms with Gasteiger partial charge in [-0.1, -0.05) is 30.3 Å². The van der Waals surface area contributed by atoms with Crippen LogP contribution in [0, 0.1) is 6.92 Å². The molecule has 3 heteroatoms. The monoisotopic (exact) mass is 425 g/mol. The van der Waals surface area contributed by atoms with E-state index in [1.807, 2.05) is 0 Å². The Morgan fingerprint density at radius 1 is 0.667 bits per heavy atom. The summed E-state index contributed by atoms with van der Waals surface area (Å²) in [4.78, 5) is 0. The first-order chi connectivity index (χ1) is 16.2. The minimum Gasteiger partial charge on any atom is -0.496 e. The van der Waals surface area contributed by atoms with Crippen molar-refractivity contribution >= 4 is 70.8 Å². The van der Waals surface area contributed by atoms with Gasteiger partial charge in [-0.05, 0) is 71.8 Å². The van der Waals surface area contributed by atoms with Gasteiger partial charge in [-0.25, -0.2) is 0 Å². The van der Waals surface area contributed by atoms with Gasteiger partial charge in [0.05, 0.1) is 29.0 Å². The maximum absolute atomic E-state index is 6.23. The molecule has 156 valence electrons. The number of para-hydroxylation sites is 1. The Morgan fingerprint density at radius 2 is 1.45 bits per heavy atom.